The minimum atomic E-state index is -3.08. The zero-order valence-corrected chi connectivity index (χ0v) is 7.96. The van der Waals surface area contributed by atoms with Crippen molar-refractivity contribution in [2.45, 2.75) is 31.3 Å². The van der Waals surface area contributed by atoms with Crippen LogP contribution in [-0.2, 0) is 14.8 Å². The highest BCUT2D eigenvalue weighted by atomic mass is 32.2. The summed E-state index contributed by atoms with van der Waals surface area (Å²) in [5.41, 5.74) is 0. The van der Waals surface area contributed by atoms with Gasteiger partial charge in [0.05, 0.1) is 5.75 Å². The van der Waals surface area contributed by atoms with Gasteiger partial charge in [0.25, 0.3) is 0 Å². The van der Waals surface area contributed by atoms with Crippen LogP contribution in [0.3, 0.4) is 0 Å². The molecule has 0 saturated carbocycles. The van der Waals surface area contributed by atoms with Crippen LogP contribution in [0.1, 0.15) is 19.3 Å². The van der Waals surface area contributed by atoms with Crippen molar-refractivity contribution >= 4 is 15.8 Å². The zero-order valence-electron chi connectivity index (χ0n) is 7.14. The fourth-order valence-electron chi connectivity index (χ4n) is 3.01. The highest BCUT2D eigenvalue weighted by molar-refractivity contribution is 7.89. The Morgan fingerprint density at radius 3 is 2.85 bits per heavy atom. The third kappa shape index (κ3) is 0.840. The number of hydrogen-bond acceptors (Lipinski definition) is 3. The smallest absolute Gasteiger partial charge is 0.215 e. The average Bonchev–Trinajstić information content (AvgIpc) is 2.47. The molecule has 0 radical (unpaired) electrons. The first kappa shape index (κ1) is 7.94. The molecule has 0 spiro atoms. The molecule has 3 heterocycles. The minimum absolute atomic E-state index is 0.00116. The van der Waals surface area contributed by atoms with E-state index in [0.29, 0.717) is 6.42 Å². The maximum atomic E-state index is 11.6. The first-order valence-electron chi connectivity index (χ1n) is 4.63. The van der Waals surface area contributed by atoms with E-state index in [1.54, 1.807) is 4.31 Å². The van der Waals surface area contributed by atoms with Crippen molar-refractivity contribution in [3.8, 4) is 0 Å². The molecule has 5 heteroatoms. The van der Waals surface area contributed by atoms with Gasteiger partial charge in [0, 0.05) is 24.4 Å². The second-order valence-electron chi connectivity index (χ2n) is 4.18. The monoisotopic (exact) mass is 201 g/mol. The molecule has 72 valence electrons. The molecule has 0 aliphatic carbocycles. The maximum Gasteiger partial charge on any atom is 0.215 e. The molecule has 1 unspecified atom stereocenters. The third-order valence-electron chi connectivity index (χ3n) is 3.51. The molecule has 4 atom stereocenters. The van der Waals surface area contributed by atoms with Crippen molar-refractivity contribution in [2.24, 2.45) is 5.92 Å². The van der Waals surface area contributed by atoms with Gasteiger partial charge in [-0.3, -0.25) is 4.79 Å². The number of hydrogen-bond donors (Lipinski definition) is 0. The molecular weight excluding hydrogens is 190 g/mol. The summed E-state index contributed by atoms with van der Waals surface area (Å²) in [7, 11) is -3.08. The van der Waals surface area contributed by atoms with Crippen LogP contribution in [0.5, 0.6) is 0 Å². The van der Waals surface area contributed by atoms with Crippen molar-refractivity contribution in [2.75, 3.05) is 5.75 Å². The van der Waals surface area contributed by atoms with Crippen molar-refractivity contribution in [3.63, 3.8) is 0 Å². The third-order valence-corrected chi connectivity index (χ3v) is 5.50. The number of piperidine rings is 1. The molecule has 3 aliphatic heterocycles. The van der Waals surface area contributed by atoms with Gasteiger partial charge in [0.1, 0.15) is 5.78 Å². The molecule has 0 aromatic rings. The van der Waals surface area contributed by atoms with Crippen LogP contribution in [0.25, 0.3) is 0 Å². The highest BCUT2D eigenvalue weighted by Gasteiger charge is 2.58. The zero-order chi connectivity index (χ0) is 9.22. The number of sulfonamides is 1. The topological polar surface area (TPSA) is 54.5 Å². The normalized spacial score (nSPS) is 51.2. The summed E-state index contributed by atoms with van der Waals surface area (Å²) in [4.78, 5) is 11.5. The van der Waals surface area contributed by atoms with Crippen LogP contribution in [0.15, 0.2) is 0 Å². The molecule has 3 saturated heterocycles. The Morgan fingerprint density at radius 2 is 2.08 bits per heavy atom. The minimum Gasteiger partial charge on any atom is -0.299 e. The van der Waals surface area contributed by atoms with E-state index in [2.05, 4.69) is 0 Å². The van der Waals surface area contributed by atoms with Crippen LogP contribution >= 0.6 is 0 Å². The molecule has 13 heavy (non-hydrogen) atoms. The number of carbonyl (C=O) groups excluding carboxylic acids is 1. The van der Waals surface area contributed by atoms with Gasteiger partial charge >= 0.3 is 0 Å². The van der Waals surface area contributed by atoms with Gasteiger partial charge in [-0.1, -0.05) is 0 Å². The van der Waals surface area contributed by atoms with E-state index >= 15 is 0 Å². The Morgan fingerprint density at radius 1 is 1.31 bits per heavy atom. The Hall–Kier alpha value is -0.420. The van der Waals surface area contributed by atoms with E-state index in [9.17, 15) is 13.2 Å². The molecular formula is C8H11NO3S. The Balaban J connectivity index is 2.16. The van der Waals surface area contributed by atoms with Crippen LogP contribution in [-0.4, -0.2) is 36.3 Å². The van der Waals surface area contributed by atoms with E-state index in [0.717, 1.165) is 12.8 Å². The molecule has 4 nitrogen and oxygen atoms in total. The highest BCUT2D eigenvalue weighted by Crippen LogP contribution is 2.45. The van der Waals surface area contributed by atoms with Gasteiger partial charge in [-0.2, -0.15) is 4.31 Å². The fourth-order valence-corrected chi connectivity index (χ4v) is 5.34. The van der Waals surface area contributed by atoms with E-state index in [4.69, 9.17) is 0 Å². The molecule has 0 N–H and O–H groups in total. The Labute approximate surface area is 77.0 Å². The quantitative estimate of drug-likeness (QED) is 0.543. The van der Waals surface area contributed by atoms with E-state index in [1.165, 1.54) is 0 Å². The largest absolute Gasteiger partial charge is 0.299 e. The molecule has 0 aromatic heterocycles. The standard InChI is InChI=1S/C8H11NO3S/c10-8-3-5-1-2-7-6(8)4-13(11,12)9(5)7/h5-7H,1-4H2/t5-,6+,7+/m0/s1. The lowest BCUT2D eigenvalue weighted by atomic mass is 9.93. The molecule has 0 aromatic carbocycles. The number of ketones is 1. The van der Waals surface area contributed by atoms with Gasteiger partial charge in [-0.15, -0.1) is 0 Å². The molecule has 3 aliphatic rings. The predicted octanol–water partition coefficient (Wildman–Crippen LogP) is -0.248. The number of nitrogens with zero attached hydrogens (tertiary/aromatic N) is 1. The fraction of sp³-hybridized carbons (Fsp3) is 0.875. The Kier molecular flexibility index (Phi) is 1.31. The van der Waals surface area contributed by atoms with Gasteiger partial charge < -0.3 is 0 Å². The van der Waals surface area contributed by atoms with E-state index in [-0.39, 0.29) is 29.5 Å². The van der Waals surface area contributed by atoms with Crippen molar-refractivity contribution in [3.05, 3.63) is 0 Å². The van der Waals surface area contributed by atoms with Gasteiger partial charge in [-0.05, 0) is 12.8 Å². The average molecular weight is 201 g/mol. The second-order valence-corrected chi connectivity index (χ2v) is 6.10. The van der Waals surface area contributed by atoms with Gasteiger partial charge in [0.2, 0.25) is 10.0 Å². The lowest BCUT2D eigenvalue weighted by Gasteiger charge is -2.27. The Bertz CT molecular complexity index is 375. The summed E-state index contributed by atoms with van der Waals surface area (Å²) in [6.07, 6.45) is 2.23. The number of carbonyl (C=O) groups is 1. The van der Waals surface area contributed by atoms with Crippen LogP contribution < -0.4 is 0 Å². The SMILES string of the molecule is O=C1C[C@@H]2CC[C@@H]3[C@H]1CS(=O)(=O)N23. The van der Waals surface area contributed by atoms with E-state index in [1.807, 2.05) is 0 Å². The van der Waals surface area contributed by atoms with Crippen molar-refractivity contribution in [1.82, 2.24) is 4.31 Å². The second kappa shape index (κ2) is 2.15. The van der Waals surface area contributed by atoms with Crippen LogP contribution in [0.2, 0.25) is 0 Å². The van der Waals surface area contributed by atoms with E-state index < -0.39 is 10.0 Å². The molecule has 4 bridgehead atoms. The molecule has 3 fully saturated rings. The van der Waals surface area contributed by atoms with Gasteiger partial charge in [0.15, 0.2) is 0 Å². The van der Waals surface area contributed by atoms with Crippen LogP contribution in [0, 0.1) is 5.92 Å². The first-order chi connectivity index (χ1) is 6.09. The van der Waals surface area contributed by atoms with Crippen molar-refractivity contribution in [1.29, 1.82) is 0 Å². The number of Topliss-reactive ketones (excluding diaryl/α,β-unsaturated/α-hetero) is 1. The molecule has 3 rings (SSSR count). The van der Waals surface area contributed by atoms with Crippen LogP contribution in [0.4, 0.5) is 0 Å². The summed E-state index contributed by atoms with van der Waals surface area (Å²) in [6, 6.07) is 0.0255. The first-order valence-corrected chi connectivity index (χ1v) is 6.24. The summed E-state index contributed by atoms with van der Waals surface area (Å²) in [6.45, 7) is 0. The number of rotatable bonds is 0. The lowest BCUT2D eigenvalue weighted by molar-refractivity contribution is -0.125. The summed E-state index contributed by atoms with van der Waals surface area (Å²) in [5, 5.41) is 0. The summed E-state index contributed by atoms with van der Waals surface area (Å²) in [5.74, 6) is 0.0427. The van der Waals surface area contributed by atoms with Gasteiger partial charge in [-0.25, -0.2) is 8.42 Å². The maximum absolute atomic E-state index is 11.6. The molecule has 0 amide bonds. The van der Waals surface area contributed by atoms with Crippen molar-refractivity contribution < 1.29 is 13.2 Å². The summed E-state index contributed by atoms with van der Waals surface area (Å²) < 4.78 is 24.9. The summed E-state index contributed by atoms with van der Waals surface area (Å²) >= 11 is 0. The predicted molar refractivity (Wildman–Crippen MR) is 45.5 cm³/mol. The lowest BCUT2D eigenvalue weighted by Crippen LogP contribution is -2.43.